The third kappa shape index (κ3) is 5.21. The van der Waals surface area contributed by atoms with E-state index >= 15 is 0 Å². The number of morpholine rings is 1. The van der Waals surface area contributed by atoms with Crippen molar-refractivity contribution in [2.24, 2.45) is 5.14 Å². The van der Waals surface area contributed by atoms with Crippen molar-refractivity contribution in [2.45, 2.75) is 37.8 Å². The molecule has 1 aliphatic heterocycles. The zero-order chi connectivity index (χ0) is 22.8. The number of benzene rings is 1. The van der Waals surface area contributed by atoms with Gasteiger partial charge in [-0.3, -0.25) is 5.10 Å². The van der Waals surface area contributed by atoms with Crippen LogP contribution in [0.1, 0.15) is 25.7 Å². The second-order valence-electron chi connectivity index (χ2n) is 8.23. The molecule has 2 fully saturated rings. The van der Waals surface area contributed by atoms with Crippen LogP contribution in [0.2, 0.25) is 0 Å². The molecule has 1 saturated carbocycles. The summed E-state index contributed by atoms with van der Waals surface area (Å²) in [4.78, 5) is 16.0. The molecule has 2 aromatic heterocycles. The summed E-state index contributed by atoms with van der Waals surface area (Å²) in [7, 11) is -3.71. The number of nitrogens with one attached hydrogen (secondary N) is 2. The van der Waals surface area contributed by atoms with Crippen molar-refractivity contribution in [3.05, 3.63) is 24.4 Å². The molecule has 1 aromatic carbocycles. The lowest BCUT2D eigenvalue weighted by atomic mass is 9.94. The van der Waals surface area contributed by atoms with Crippen LogP contribution in [0.5, 0.6) is 6.01 Å². The summed E-state index contributed by atoms with van der Waals surface area (Å²) < 4.78 is 36.7. The molecule has 5 rings (SSSR count). The molecule has 13 heteroatoms. The van der Waals surface area contributed by atoms with E-state index in [4.69, 9.17) is 19.6 Å². The predicted molar refractivity (Wildman–Crippen MR) is 121 cm³/mol. The minimum atomic E-state index is -3.71. The maximum Gasteiger partial charge on any atom is 0.322 e. The molecule has 0 atom stereocenters. The number of aromatic nitrogens is 5. The molecule has 12 nitrogen and oxygen atoms in total. The Hall–Kier alpha value is -2.87. The van der Waals surface area contributed by atoms with Crippen LogP contribution in [0.3, 0.4) is 0 Å². The van der Waals surface area contributed by atoms with Crippen molar-refractivity contribution in [1.29, 1.82) is 0 Å². The fourth-order valence-corrected chi connectivity index (χ4v) is 4.97. The summed E-state index contributed by atoms with van der Waals surface area (Å²) >= 11 is 0. The summed E-state index contributed by atoms with van der Waals surface area (Å²) in [6.45, 7) is 2.58. The molecule has 2 aliphatic rings. The van der Waals surface area contributed by atoms with Crippen molar-refractivity contribution in [3.8, 4) is 17.4 Å². The zero-order valence-electron chi connectivity index (χ0n) is 18.0. The van der Waals surface area contributed by atoms with E-state index in [1.165, 1.54) is 0 Å². The topological polar surface area (TPSA) is 161 Å². The van der Waals surface area contributed by atoms with Crippen LogP contribution in [0.4, 0.5) is 5.95 Å². The minimum Gasteiger partial charge on any atom is -0.460 e. The number of hydrogen-bond donors (Lipinski definition) is 3. The smallest absolute Gasteiger partial charge is 0.322 e. The van der Waals surface area contributed by atoms with Crippen molar-refractivity contribution >= 4 is 27.1 Å². The number of ether oxygens (including phenoxy) is 2. The SMILES string of the molecule is NS(=O)(=O)NC1CCC(Oc2nc(-c3cccc4[nH]ncc34)nc(N3CCOCC3)n2)CC1. The zero-order valence-corrected chi connectivity index (χ0v) is 18.8. The van der Waals surface area contributed by atoms with E-state index in [1.807, 2.05) is 18.2 Å². The highest BCUT2D eigenvalue weighted by Crippen LogP contribution is 2.29. The molecule has 0 spiro atoms. The highest BCUT2D eigenvalue weighted by molar-refractivity contribution is 7.87. The fourth-order valence-electron chi connectivity index (χ4n) is 4.27. The minimum absolute atomic E-state index is 0.124. The van der Waals surface area contributed by atoms with Gasteiger partial charge >= 0.3 is 6.01 Å². The molecule has 176 valence electrons. The first kappa shape index (κ1) is 21.9. The number of fused-ring (bicyclic) bond motifs is 1. The highest BCUT2D eigenvalue weighted by Gasteiger charge is 2.26. The maximum absolute atomic E-state index is 11.3. The van der Waals surface area contributed by atoms with Gasteiger partial charge in [-0.1, -0.05) is 12.1 Å². The summed E-state index contributed by atoms with van der Waals surface area (Å²) in [5.74, 6) is 1.06. The Kier molecular flexibility index (Phi) is 6.10. The van der Waals surface area contributed by atoms with Gasteiger partial charge in [0.25, 0.3) is 10.2 Å². The molecule has 3 aromatic rings. The number of H-pyrrole nitrogens is 1. The van der Waals surface area contributed by atoms with Crippen LogP contribution in [-0.2, 0) is 14.9 Å². The molecule has 0 amide bonds. The monoisotopic (exact) mass is 474 g/mol. The third-order valence-corrected chi connectivity index (χ3v) is 6.56. The molecule has 0 unspecified atom stereocenters. The molecule has 1 aliphatic carbocycles. The molecule has 33 heavy (non-hydrogen) atoms. The van der Waals surface area contributed by atoms with Crippen LogP contribution in [0, 0.1) is 0 Å². The summed E-state index contributed by atoms with van der Waals surface area (Å²) in [5.41, 5.74) is 1.73. The van der Waals surface area contributed by atoms with E-state index < -0.39 is 10.2 Å². The number of nitrogens with zero attached hydrogens (tertiary/aromatic N) is 5. The van der Waals surface area contributed by atoms with E-state index in [0.29, 0.717) is 63.8 Å². The van der Waals surface area contributed by atoms with Crippen molar-refractivity contribution in [1.82, 2.24) is 29.9 Å². The third-order valence-electron chi connectivity index (χ3n) is 5.90. The summed E-state index contributed by atoms with van der Waals surface area (Å²) in [6, 6.07) is 5.89. The average Bonchev–Trinajstić information content (AvgIpc) is 3.29. The Balaban J connectivity index is 1.41. The molecule has 1 saturated heterocycles. The Morgan fingerprint density at radius 2 is 1.91 bits per heavy atom. The van der Waals surface area contributed by atoms with Crippen LogP contribution in [-0.4, -0.2) is 72.0 Å². The number of anilines is 1. The molecule has 4 N–H and O–H groups in total. The van der Waals surface area contributed by atoms with Gasteiger partial charge in [-0.2, -0.15) is 33.2 Å². The lowest BCUT2D eigenvalue weighted by molar-refractivity contribution is 0.120. The number of hydrogen-bond acceptors (Lipinski definition) is 9. The van der Waals surface area contributed by atoms with Crippen LogP contribution in [0.25, 0.3) is 22.3 Å². The molecule has 0 bridgehead atoms. The average molecular weight is 475 g/mol. The van der Waals surface area contributed by atoms with Gasteiger partial charge in [-0.25, -0.2) is 5.14 Å². The van der Waals surface area contributed by atoms with Crippen molar-refractivity contribution in [2.75, 3.05) is 31.2 Å². The predicted octanol–water partition coefficient (Wildman–Crippen LogP) is 0.735. The first-order valence-electron chi connectivity index (χ1n) is 10.9. The normalized spacial score (nSPS) is 21.9. The number of aromatic amines is 1. The van der Waals surface area contributed by atoms with Gasteiger partial charge in [-0.05, 0) is 31.7 Å². The van der Waals surface area contributed by atoms with E-state index in [9.17, 15) is 8.42 Å². The Morgan fingerprint density at radius 1 is 1.12 bits per heavy atom. The van der Waals surface area contributed by atoms with E-state index in [2.05, 4.69) is 29.8 Å². The van der Waals surface area contributed by atoms with Gasteiger partial charge in [-0.15, -0.1) is 0 Å². The lowest BCUT2D eigenvalue weighted by Gasteiger charge is -2.29. The largest absolute Gasteiger partial charge is 0.460 e. The molecular formula is C20H26N8O4S. The van der Waals surface area contributed by atoms with E-state index in [1.54, 1.807) is 6.20 Å². The van der Waals surface area contributed by atoms with Crippen LogP contribution >= 0.6 is 0 Å². The Bertz CT molecular complexity index is 1220. The molecule has 0 radical (unpaired) electrons. The number of rotatable bonds is 6. The second kappa shape index (κ2) is 9.17. The summed E-state index contributed by atoms with van der Waals surface area (Å²) in [5, 5.41) is 13.1. The molecular weight excluding hydrogens is 448 g/mol. The Labute approximate surface area is 191 Å². The number of nitrogens with two attached hydrogens (primary N) is 1. The quantitative estimate of drug-likeness (QED) is 0.468. The lowest BCUT2D eigenvalue weighted by Crippen LogP contribution is -2.42. The maximum atomic E-state index is 11.3. The van der Waals surface area contributed by atoms with Gasteiger partial charge in [0.15, 0.2) is 5.82 Å². The molecule has 3 heterocycles. The first-order chi connectivity index (χ1) is 15.9. The standard InChI is InChI=1S/C20H26N8O4S/c21-33(29,30)27-13-4-6-14(7-5-13)32-20-24-18(15-2-1-3-17-16(15)12-22-26-17)23-19(25-20)28-8-10-31-11-9-28/h1-3,12-14,27H,4-11H2,(H,22,26)(H2,21,29,30). The highest BCUT2D eigenvalue weighted by atomic mass is 32.2. The van der Waals surface area contributed by atoms with Gasteiger partial charge in [0.1, 0.15) is 6.10 Å². The van der Waals surface area contributed by atoms with Crippen molar-refractivity contribution in [3.63, 3.8) is 0 Å². The van der Waals surface area contributed by atoms with E-state index in [-0.39, 0.29) is 18.2 Å². The van der Waals surface area contributed by atoms with Gasteiger partial charge < -0.3 is 14.4 Å². The summed E-state index contributed by atoms with van der Waals surface area (Å²) in [6.07, 6.45) is 4.22. The van der Waals surface area contributed by atoms with Gasteiger partial charge in [0, 0.05) is 30.1 Å². The second-order valence-corrected chi connectivity index (χ2v) is 9.56. The fraction of sp³-hybridized carbons (Fsp3) is 0.500. The first-order valence-corrected chi connectivity index (χ1v) is 12.5. The van der Waals surface area contributed by atoms with Gasteiger partial charge in [0.05, 0.1) is 24.9 Å². The van der Waals surface area contributed by atoms with Gasteiger partial charge in [0.2, 0.25) is 5.95 Å². The van der Waals surface area contributed by atoms with Crippen LogP contribution < -0.4 is 19.5 Å². The Morgan fingerprint density at radius 3 is 2.67 bits per heavy atom. The van der Waals surface area contributed by atoms with Crippen LogP contribution in [0.15, 0.2) is 24.4 Å². The van der Waals surface area contributed by atoms with Crippen molar-refractivity contribution < 1.29 is 17.9 Å². The van der Waals surface area contributed by atoms with E-state index in [0.717, 1.165) is 16.5 Å².